The number of rotatable bonds is 3. The monoisotopic (exact) mass is 275 g/mol. The Morgan fingerprint density at radius 3 is 2.55 bits per heavy atom. The maximum atomic E-state index is 11.0. The maximum absolute atomic E-state index is 11.0. The van der Waals surface area contributed by atoms with Crippen molar-refractivity contribution in [2.24, 2.45) is 5.92 Å². The summed E-state index contributed by atoms with van der Waals surface area (Å²) in [7, 11) is 1.47. The van der Waals surface area contributed by atoms with Gasteiger partial charge in [0.2, 0.25) is 0 Å². The predicted octanol–water partition coefficient (Wildman–Crippen LogP) is 2.44. The molecule has 0 aromatic heterocycles. The van der Waals surface area contributed by atoms with Crippen LogP contribution in [0.25, 0.3) is 0 Å². The van der Waals surface area contributed by atoms with Crippen molar-refractivity contribution < 1.29 is 19.7 Å². The van der Waals surface area contributed by atoms with Gasteiger partial charge in [-0.25, -0.2) is 0 Å². The molecule has 0 saturated heterocycles. The number of carboxylic acid groups (broad SMARTS) is 1. The number of hydrogen-bond acceptors (Lipinski definition) is 4. The zero-order valence-corrected chi connectivity index (χ0v) is 11.3. The first-order valence-electron chi connectivity index (χ1n) is 6.54. The molecule has 2 rings (SSSR count). The van der Waals surface area contributed by atoms with Crippen molar-refractivity contribution in [2.45, 2.75) is 31.1 Å². The zero-order chi connectivity index (χ0) is 14.8. The third-order valence-corrected chi connectivity index (χ3v) is 4.13. The van der Waals surface area contributed by atoms with Crippen LogP contribution in [0.4, 0.5) is 0 Å². The molecular formula is C15H17NO4. The number of phenolic OH excluding ortho intramolecular Hbond substituents is 1. The number of hydrogen-bond donors (Lipinski definition) is 2. The molecule has 0 radical (unpaired) electrons. The van der Waals surface area contributed by atoms with E-state index in [0.717, 1.165) is 5.56 Å². The summed E-state index contributed by atoms with van der Waals surface area (Å²) in [6, 6.07) is 7.26. The average molecular weight is 275 g/mol. The highest BCUT2D eigenvalue weighted by Crippen LogP contribution is 2.43. The fraction of sp³-hybridized carbons (Fsp3) is 0.467. The first kappa shape index (κ1) is 14.2. The number of aromatic hydroxyl groups is 1. The molecule has 0 heterocycles. The number of benzene rings is 1. The van der Waals surface area contributed by atoms with Crippen molar-refractivity contribution in [3.63, 3.8) is 0 Å². The topological polar surface area (TPSA) is 90.5 Å². The van der Waals surface area contributed by atoms with Gasteiger partial charge in [0.25, 0.3) is 0 Å². The summed E-state index contributed by atoms with van der Waals surface area (Å²) in [4.78, 5) is 11.0. The Labute approximate surface area is 117 Å². The molecule has 0 amide bonds. The van der Waals surface area contributed by atoms with E-state index in [0.29, 0.717) is 31.4 Å². The largest absolute Gasteiger partial charge is 0.504 e. The minimum absolute atomic E-state index is 0.0000157. The smallest absolute Gasteiger partial charge is 0.306 e. The molecule has 5 nitrogen and oxygen atoms in total. The van der Waals surface area contributed by atoms with Gasteiger partial charge in [0.1, 0.15) is 0 Å². The number of carboxylic acids is 1. The summed E-state index contributed by atoms with van der Waals surface area (Å²) < 4.78 is 4.99. The molecule has 0 bridgehead atoms. The predicted molar refractivity (Wildman–Crippen MR) is 71.5 cm³/mol. The second-order valence-electron chi connectivity index (χ2n) is 5.19. The molecule has 20 heavy (non-hydrogen) atoms. The minimum atomic E-state index is -0.797. The molecular weight excluding hydrogens is 258 g/mol. The summed E-state index contributed by atoms with van der Waals surface area (Å²) in [5.41, 5.74) is 0.0116. The highest BCUT2D eigenvalue weighted by Gasteiger charge is 2.39. The SMILES string of the molecule is COc1ccc([C@]2(C#N)CC[C@@H](C(=O)O)CC2)cc1O. The lowest BCUT2D eigenvalue weighted by Crippen LogP contribution is -2.32. The summed E-state index contributed by atoms with van der Waals surface area (Å²) in [5.74, 6) is -0.807. The Morgan fingerprint density at radius 2 is 2.10 bits per heavy atom. The fourth-order valence-corrected chi connectivity index (χ4v) is 2.81. The average Bonchev–Trinajstić information content (AvgIpc) is 2.47. The summed E-state index contributed by atoms with van der Waals surface area (Å²) >= 11 is 0. The molecule has 1 aliphatic carbocycles. The Morgan fingerprint density at radius 1 is 1.45 bits per heavy atom. The lowest BCUT2D eigenvalue weighted by Gasteiger charge is -2.34. The van der Waals surface area contributed by atoms with Gasteiger partial charge in [0.15, 0.2) is 11.5 Å². The van der Waals surface area contributed by atoms with Crippen LogP contribution in [-0.4, -0.2) is 23.3 Å². The second-order valence-corrected chi connectivity index (χ2v) is 5.19. The van der Waals surface area contributed by atoms with Crippen LogP contribution in [0.5, 0.6) is 11.5 Å². The van der Waals surface area contributed by atoms with Crippen LogP contribution in [0, 0.1) is 17.2 Å². The van der Waals surface area contributed by atoms with Crippen LogP contribution in [0.15, 0.2) is 18.2 Å². The standard InChI is InChI=1S/C15H17NO4/c1-20-13-3-2-11(8-12(13)17)15(9-16)6-4-10(5-7-15)14(18)19/h2-3,8,10,17H,4-7H2,1H3,(H,18,19)/t10-,15-. The van der Waals surface area contributed by atoms with E-state index in [-0.39, 0.29) is 11.7 Å². The number of carbonyl (C=O) groups is 1. The van der Waals surface area contributed by atoms with Gasteiger partial charge < -0.3 is 14.9 Å². The minimum Gasteiger partial charge on any atom is -0.504 e. The number of ether oxygens (including phenoxy) is 1. The van der Waals surface area contributed by atoms with E-state index < -0.39 is 11.4 Å². The second kappa shape index (κ2) is 5.41. The van der Waals surface area contributed by atoms with Crippen molar-refractivity contribution in [3.05, 3.63) is 23.8 Å². The number of methoxy groups -OCH3 is 1. The lowest BCUT2D eigenvalue weighted by atomic mass is 9.67. The first-order valence-corrected chi connectivity index (χ1v) is 6.54. The van der Waals surface area contributed by atoms with Crippen molar-refractivity contribution in [3.8, 4) is 17.6 Å². The molecule has 2 N–H and O–H groups in total. The molecule has 1 aromatic rings. The number of nitriles is 1. The van der Waals surface area contributed by atoms with E-state index in [1.54, 1.807) is 18.2 Å². The third-order valence-electron chi connectivity index (χ3n) is 4.13. The van der Waals surface area contributed by atoms with Gasteiger partial charge in [0, 0.05) is 0 Å². The first-order chi connectivity index (χ1) is 9.52. The van der Waals surface area contributed by atoms with Crippen LogP contribution in [0.1, 0.15) is 31.2 Å². The Bertz CT molecular complexity index is 553. The van der Waals surface area contributed by atoms with E-state index in [4.69, 9.17) is 9.84 Å². The fourth-order valence-electron chi connectivity index (χ4n) is 2.81. The molecule has 0 unspecified atom stereocenters. The van der Waals surface area contributed by atoms with Crippen molar-refractivity contribution >= 4 is 5.97 Å². The number of nitrogens with zero attached hydrogens (tertiary/aromatic N) is 1. The van der Waals surface area contributed by atoms with Gasteiger partial charge in [-0.1, -0.05) is 6.07 Å². The highest BCUT2D eigenvalue weighted by atomic mass is 16.5. The van der Waals surface area contributed by atoms with Gasteiger partial charge in [-0.15, -0.1) is 0 Å². The molecule has 0 atom stereocenters. The van der Waals surface area contributed by atoms with Gasteiger partial charge in [0.05, 0.1) is 24.5 Å². The van der Waals surface area contributed by atoms with Gasteiger partial charge >= 0.3 is 5.97 Å². The van der Waals surface area contributed by atoms with Crippen LogP contribution in [-0.2, 0) is 10.2 Å². The Hall–Kier alpha value is -2.22. The lowest BCUT2D eigenvalue weighted by molar-refractivity contribution is -0.143. The maximum Gasteiger partial charge on any atom is 0.306 e. The molecule has 1 saturated carbocycles. The Kier molecular flexibility index (Phi) is 3.84. The van der Waals surface area contributed by atoms with Gasteiger partial charge in [-0.2, -0.15) is 5.26 Å². The highest BCUT2D eigenvalue weighted by molar-refractivity contribution is 5.70. The van der Waals surface area contributed by atoms with Crippen LogP contribution < -0.4 is 4.74 Å². The molecule has 0 aliphatic heterocycles. The van der Waals surface area contributed by atoms with E-state index in [9.17, 15) is 15.2 Å². The molecule has 1 aliphatic rings. The van der Waals surface area contributed by atoms with Crippen molar-refractivity contribution in [1.82, 2.24) is 0 Å². The molecule has 5 heteroatoms. The normalized spacial score (nSPS) is 25.7. The van der Waals surface area contributed by atoms with E-state index >= 15 is 0 Å². The number of phenols is 1. The molecule has 0 spiro atoms. The van der Waals surface area contributed by atoms with Crippen molar-refractivity contribution in [2.75, 3.05) is 7.11 Å². The van der Waals surface area contributed by atoms with Gasteiger partial charge in [-0.3, -0.25) is 4.79 Å². The van der Waals surface area contributed by atoms with E-state index in [1.807, 2.05) is 0 Å². The van der Waals surface area contributed by atoms with Crippen molar-refractivity contribution in [1.29, 1.82) is 5.26 Å². The number of aliphatic carboxylic acids is 1. The zero-order valence-electron chi connectivity index (χ0n) is 11.3. The van der Waals surface area contributed by atoms with E-state index in [2.05, 4.69) is 6.07 Å². The van der Waals surface area contributed by atoms with Crippen LogP contribution >= 0.6 is 0 Å². The quantitative estimate of drug-likeness (QED) is 0.884. The summed E-state index contributed by atoms with van der Waals surface area (Å²) in [6.07, 6.45) is 1.95. The Balaban J connectivity index is 2.27. The van der Waals surface area contributed by atoms with Gasteiger partial charge in [-0.05, 0) is 43.4 Å². The summed E-state index contributed by atoms with van der Waals surface area (Å²) in [5, 5.41) is 28.4. The van der Waals surface area contributed by atoms with E-state index in [1.165, 1.54) is 7.11 Å². The molecule has 1 fully saturated rings. The summed E-state index contributed by atoms with van der Waals surface area (Å²) in [6.45, 7) is 0. The molecule has 106 valence electrons. The molecule has 1 aromatic carbocycles. The van der Waals surface area contributed by atoms with Crippen LogP contribution in [0.3, 0.4) is 0 Å². The third kappa shape index (κ3) is 2.42. The van der Waals surface area contributed by atoms with Crippen LogP contribution in [0.2, 0.25) is 0 Å².